The molecule has 0 bridgehead atoms. The van der Waals surface area contributed by atoms with Gasteiger partial charge in [0.1, 0.15) is 5.82 Å². The second kappa shape index (κ2) is 6.92. The van der Waals surface area contributed by atoms with Crippen LogP contribution in [0.25, 0.3) is 0 Å². The van der Waals surface area contributed by atoms with Crippen LogP contribution < -0.4 is 5.32 Å². The Bertz CT molecular complexity index is 522. The van der Waals surface area contributed by atoms with Gasteiger partial charge in [-0.3, -0.25) is 0 Å². The minimum atomic E-state index is -0.233. The first kappa shape index (κ1) is 14.4. The molecule has 0 saturated carbocycles. The minimum absolute atomic E-state index is 0.233. The average molecular weight is 343 g/mol. The van der Waals surface area contributed by atoms with Gasteiger partial charge in [-0.05, 0) is 47.9 Å². The predicted octanol–water partition coefficient (Wildman–Crippen LogP) is 4.98. The van der Waals surface area contributed by atoms with E-state index in [4.69, 9.17) is 11.6 Å². The van der Waals surface area contributed by atoms with E-state index in [1.807, 2.05) is 30.3 Å². The van der Waals surface area contributed by atoms with Crippen molar-refractivity contribution in [1.29, 1.82) is 0 Å². The van der Waals surface area contributed by atoms with Crippen LogP contribution in [0.5, 0.6) is 0 Å². The van der Waals surface area contributed by atoms with Crippen molar-refractivity contribution < 1.29 is 4.39 Å². The number of aryl methyl sites for hydroxylation is 1. The van der Waals surface area contributed by atoms with Crippen molar-refractivity contribution in [3.63, 3.8) is 0 Å². The van der Waals surface area contributed by atoms with E-state index in [2.05, 4.69) is 21.2 Å². The van der Waals surface area contributed by atoms with Gasteiger partial charge >= 0.3 is 0 Å². The van der Waals surface area contributed by atoms with Crippen LogP contribution in [0.4, 0.5) is 10.1 Å². The Morgan fingerprint density at radius 3 is 2.42 bits per heavy atom. The number of halogens is 3. The summed E-state index contributed by atoms with van der Waals surface area (Å²) in [4.78, 5) is 0. The van der Waals surface area contributed by atoms with Crippen molar-refractivity contribution >= 4 is 33.2 Å². The van der Waals surface area contributed by atoms with E-state index < -0.39 is 0 Å². The van der Waals surface area contributed by atoms with Gasteiger partial charge in [0.25, 0.3) is 0 Å². The van der Waals surface area contributed by atoms with Gasteiger partial charge in [-0.15, -0.1) is 11.6 Å². The standard InChI is InChI=1S/C15H14BrClFN/c16-13-7-12(8-14(18)9-13)10-19-15-3-1-11(2-4-15)5-6-17/h1-4,7-9,19H,5-6,10H2. The topological polar surface area (TPSA) is 12.0 Å². The van der Waals surface area contributed by atoms with Gasteiger partial charge in [-0.2, -0.15) is 0 Å². The lowest BCUT2D eigenvalue weighted by Crippen LogP contribution is -2.00. The molecule has 0 aliphatic carbocycles. The number of hydrogen-bond acceptors (Lipinski definition) is 1. The normalized spacial score (nSPS) is 10.5. The molecule has 0 aliphatic rings. The van der Waals surface area contributed by atoms with Crippen molar-refractivity contribution in [3.05, 3.63) is 63.9 Å². The van der Waals surface area contributed by atoms with E-state index in [9.17, 15) is 4.39 Å². The maximum Gasteiger partial charge on any atom is 0.124 e. The van der Waals surface area contributed by atoms with Gasteiger partial charge < -0.3 is 5.32 Å². The van der Waals surface area contributed by atoms with Crippen molar-refractivity contribution in [1.82, 2.24) is 0 Å². The number of rotatable bonds is 5. The third-order valence-corrected chi connectivity index (χ3v) is 3.40. The van der Waals surface area contributed by atoms with Crippen LogP contribution in [0.15, 0.2) is 46.9 Å². The lowest BCUT2D eigenvalue weighted by atomic mass is 10.1. The number of anilines is 1. The van der Waals surface area contributed by atoms with Gasteiger partial charge in [0.2, 0.25) is 0 Å². The Labute approximate surface area is 125 Å². The first-order chi connectivity index (χ1) is 9.17. The number of hydrogen-bond donors (Lipinski definition) is 1. The molecule has 0 atom stereocenters. The molecule has 0 heterocycles. The third-order valence-electron chi connectivity index (χ3n) is 2.76. The summed E-state index contributed by atoms with van der Waals surface area (Å²) in [6, 6.07) is 13.0. The van der Waals surface area contributed by atoms with Gasteiger partial charge in [-0.1, -0.05) is 28.1 Å². The molecular formula is C15H14BrClFN. The highest BCUT2D eigenvalue weighted by Gasteiger charge is 2.00. The highest BCUT2D eigenvalue weighted by atomic mass is 79.9. The third kappa shape index (κ3) is 4.51. The highest BCUT2D eigenvalue weighted by molar-refractivity contribution is 9.10. The molecule has 19 heavy (non-hydrogen) atoms. The molecule has 0 saturated heterocycles. The maximum atomic E-state index is 13.2. The number of alkyl halides is 1. The molecule has 0 aromatic heterocycles. The maximum absolute atomic E-state index is 13.2. The van der Waals surface area contributed by atoms with Crippen LogP contribution in [-0.2, 0) is 13.0 Å². The zero-order valence-corrected chi connectivity index (χ0v) is 12.6. The average Bonchev–Trinajstić information content (AvgIpc) is 2.37. The summed E-state index contributed by atoms with van der Waals surface area (Å²) in [5, 5.41) is 3.26. The Morgan fingerprint density at radius 1 is 1.05 bits per heavy atom. The molecule has 2 aromatic rings. The van der Waals surface area contributed by atoms with Crippen LogP contribution in [0.2, 0.25) is 0 Å². The Balaban J connectivity index is 1.98. The lowest BCUT2D eigenvalue weighted by molar-refractivity contribution is 0.625. The van der Waals surface area contributed by atoms with E-state index in [0.29, 0.717) is 12.4 Å². The Morgan fingerprint density at radius 2 is 1.79 bits per heavy atom. The molecule has 100 valence electrons. The highest BCUT2D eigenvalue weighted by Crippen LogP contribution is 2.17. The van der Waals surface area contributed by atoms with E-state index in [1.165, 1.54) is 17.7 Å². The molecule has 0 spiro atoms. The van der Waals surface area contributed by atoms with Gasteiger partial charge in [0, 0.05) is 22.6 Å². The molecule has 2 aromatic carbocycles. The minimum Gasteiger partial charge on any atom is -0.381 e. The summed E-state index contributed by atoms with van der Waals surface area (Å²) < 4.78 is 14.0. The first-order valence-corrected chi connectivity index (χ1v) is 7.34. The molecule has 0 fully saturated rings. The molecule has 0 radical (unpaired) electrons. The largest absolute Gasteiger partial charge is 0.381 e. The molecule has 0 amide bonds. The second-order valence-corrected chi connectivity index (χ2v) is 5.56. The fraction of sp³-hybridized carbons (Fsp3) is 0.200. The number of nitrogens with one attached hydrogen (secondary N) is 1. The molecule has 4 heteroatoms. The summed E-state index contributed by atoms with van der Waals surface area (Å²) in [6.07, 6.45) is 0.874. The van der Waals surface area contributed by atoms with Crippen molar-refractivity contribution in [2.45, 2.75) is 13.0 Å². The van der Waals surface area contributed by atoms with E-state index in [0.717, 1.165) is 22.1 Å². The van der Waals surface area contributed by atoms with Crippen LogP contribution in [-0.4, -0.2) is 5.88 Å². The summed E-state index contributed by atoms with van der Waals surface area (Å²) in [6.45, 7) is 0.589. The summed E-state index contributed by atoms with van der Waals surface area (Å²) in [5.41, 5.74) is 3.13. The smallest absolute Gasteiger partial charge is 0.124 e. The molecule has 0 unspecified atom stereocenters. The van der Waals surface area contributed by atoms with Crippen LogP contribution in [0, 0.1) is 5.82 Å². The van der Waals surface area contributed by atoms with Crippen molar-refractivity contribution in [2.75, 3.05) is 11.2 Å². The van der Waals surface area contributed by atoms with Crippen LogP contribution >= 0.6 is 27.5 Å². The van der Waals surface area contributed by atoms with Crippen molar-refractivity contribution in [3.8, 4) is 0 Å². The molecule has 2 rings (SSSR count). The van der Waals surface area contributed by atoms with Gasteiger partial charge in [-0.25, -0.2) is 4.39 Å². The lowest BCUT2D eigenvalue weighted by Gasteiger charge is -2.08. The summed E-state index contributed by atoms with van der Waals surface area (Å²) in [7, 11) is 0. The number of benzene rings is 2. The first-order valence-electron chi connectivity index (χ1n) is 6.01. The summed E-state index contributed by atoms with van der Waals surface area (Å²) in [5.74, 6) is 0.396. The quantitative estimate of drug-likeness (QED) is 0.756. The van der Waals surface area contributed by atoms with E-state index in [-0.39, 0.29) is 5.82 Å². The van der Waals surface area contributed by atoms with Gasteiger partial charge in [0.05, 0.1) is 0 Å². The Kier molecular flexibility index (Phi) is 5.23. The fourth-order valence-corrected chi connectivity index (χ4v) is 2.55. The van der Waals surface area contributed by atoms with E-state index >= 15 is 0 Å². The molecule has 0 aliphatic heterocycles. The predicted molar refractivity (Wildman–Crippen MR) is 82.3 cm³/mol. The monoisotopic (exact) mass is 341 g/mol. The van der Waals surface area contributed by atoms with Crippen molar-refractivity contribution in [2.24, 2.45) is 0 Å². The Hall–Kier alpha value is -1.06. The zero-order chi connectivity index (χ0) is 13.7. The SMILES string of the molecule is Fc1cc(Br)cc(CNc2ccc(CCCl)cc2)c1. The van der Waals surface area contributed by atoms with Crippen LogP contribution in [0.3, 0.4) is 0 Å². The van der Waals surface area contributed by atoms with Gasteiger partial charge in [0.15, 0.2) is 0 Å². The molecule has 1 N–H and O–H groups in total. The second-order valence-electron chi connectivity index (χ2n) is 4.27. The van der Waals surface area contributed by atoms with E-state index in [1.54, 1.807) is 0 Å². The summed E-state index contributed by atoms with van der Waals surface area (Å²) >= 11 is 8.98. The molecule has 1 nitrogen and oxygen atoms in total. The van der Waals surface area contributed by atoms with Crippen LogP contribution in [0.1, 0.15) is 11.1 Å². The molecular weight excluding hydrogens is 329 g/mol. The fourth-order valence-electron chi connectivity index (χ4n) is 1.82. The zero-order valence-electron chi connectivity index (χ0n) is 10.3.